The Bertz CT molecular complexity index is 779. The summed E-state index contributed by atoms with van der Waals surface area (Å²) in [6, 6.07) is 4.68. The average molecular weight is 388 g/mol. The minimum absolute atomic E-state index is 0.174. The van der Waals surface area contributed by atoms with E-state index in [4.69, 9.17) is 4.74 Å². The lowest BCUT2D eigenvalue weighted by Gasteiger charge is -2.34. The molecule has 7 heteroatoms. The number of aliphatic hydroxyl groups is 1. The molecule has 1 saturated heterocycles. The normalized spacial score (nSPS) is 16.3. The van der Waals surface area contributed by atoms with Crippen LogP contribution in [0.1, 0.15) is 45.2 Å². The summed E-state index contributed by atoms with van der Waals surface area (Å²) >= 11 is 0. The Morgan fingerprint density at radius 2 is 2.00 bits per heavy atom. The van der Waals surface area contributed by atoms with Gasteiger partial charge in [0.2, 0.25) is 5.88 Å². The van der Waals surface area contributed by atoms with Crippen LogP contribution in [0.3, 0.4) is 0 Å². The van der Waals surface area contributed by atoms with E-state index in [9.17, 15) is 9.50 Å². The van der Waals surface area contributed by atoms with Gasteiger partial charge in [-0.1, -0.05) is 13.8 Å². The molecule has 2 heterocycles. The van der Waals surface area contributed by atoms with Crippen LogP contribution in [0.2, 0.25) is 0 Å². The molecule has 0 spiro atoms. The Morgan fingerprint density at radius 3 is 2.71 bits per heavy atom. The van der Waals surface area contributed by atoms with Crippen molar-refractivity contribution >= 4 is 11.5 Å². The number of nitrogens with zero attached hydrogens (tertiary/aromatic N) is 3. The fourth-order valence-corrected chi connectivity index (χ4v) is 3.31. The predicted molar refractivity (Wildman–Crippen MR) is 108 cm³/mol. The van der Waals surface area contributed by atoms with E-state index in [0.717, 1.165) is 37.2 Å². The van der Waals surface area contributed by atoms with Crippen LogP contribution < -0.4 is 15.0 Å². The number of hydrogen-bond acceptors (Lipinski definition) is 6. The van der Waals surface area contributed by atoms with E-state index in [-0.39, 0.29) is 18.0 Å². The van der Waals surface area contributed by atoms with Gasteiger partial charge in [0, 0.05) is 24.3 Å². The second-order valence-corrected chi connectivity index (χ2v) is 7.73. The number of halogens is 1. The van der Waals surface area contributed by atoms with Crippen molar-refractivity contribution in [1.29, 1.82) is 0 Å². The predicted octanol–water partition coefficient (Wildman–Crippen LogP) is 3.78. The van der Waals surface area contributed by atoms with Crippen LogP contribution in [-0.4, -0.2) is 40.9 Å². The molecule has 152 valence electrons. The molecule has 2 aromatic rings. The molecule has 6 nitrogen and oxygen atoms in total. The van der Waals surface area contributed by atoms with Crippen molar-refractivity contribution in [3.8, 4) is 5.88 Å². The molecular formula is C21H29FN4O2. The highest BCUT2D eigenvalue weighted by Crippen LogP contribution is 2.31. The SMILES string of the molecule is CC(C)COc1cncc(NC(C)c2cc(F)ccc2N2CCC(O)CC2)n1. The third kappa shape index (κ3) is 5.32. The van der Waals surface area contributed by atoms with Gasteiger partial charge in [-0.25, -0.2) is 4.39 Å². The molecule has 2 N–H and O–H groups in total. The maximum atomic E-state index is 14.0. The van der Waals surface area contributed by atoms with Crippen molar-refractivity contribution in [2.45, 2.75) is 45.8 Å². The van der Waals surface area contributed by atoms with Gasteiger partial charge in [0.1, 0.15) is 11.6 Å². The van der Waals surface area contributed by atoms with E-state index in [1.54, 1.807) is 18.5 Å². The summed E-state index contributed by atoms with van der Waals surface area (Å²) in [4.78, 5) is 10.8. The van der Waals surface area contributed by atoms with Crippen molar-refractivity contribution < 1.29 is 14.2 Å². The lowest BCUT2D eigenvalue weighted by atomic mass is 10.0. The molecule has 1 aromatic carbocycles. The zero-order valence-electron chi connectivity index (χ0n) is 16.7. The summed E-state index contributed by atoms with van der Waals surface area (Å²) < 4.78 is 19.6. The molecule has 1 unspecified atom stereocenters. The number of piperidine rings is 1. The highest BCUT2D eigenvalue weighted by molar-refractivity contribution is 5.57. The second kappa shape index (κ2) is 9.19. The van der Waals surface area contributed by atoms with Crippen LogP contribution in [0.25, 0.3) is 0 Å². The van der Waals surface area contributed by atoms with Crippen LogP contribution in [0.4, 0.5) is 15.9 Å². The van der Waals surface area contributed by atoms with Gasteiger partial charge in [-0.05, 0) is 43.9 Å². The number of anilines is 2. The molecule has 1 atom stereocenters. The molecule has 1 aliphatic rings. The summed E-state index contributed by atoms with van der Waals surface area (Å²) in [5.74, 6) is 1.17. The first kappa shape index (κ1) is 20.3. The molecule has 28 heavy (non-hydrogen) atoms. The van der Waals surface area contributed by atoms with Crippen LogP contribution in [0.5, 0.6) is 5.88 Å². The summed E-state index contributed by atoms with van der Waals surface area (Å²) in [5, 5.41) is 13.1. The van der Waals surface area contributed by atoms with Crippen molar-refractivity contribution in [1.82, 2.24) is 9.97 Å². The number of rotatable bonds is 7. The van der Waals surface area contributed by atoms with Gasteiger partial charge in [0.15, 0.2) is 0 Å². The Morgan fingerprint density at radius 1 is 1.25 bits per heavy atom. The number of nitrogens with one attached hydrogen (secondary N) is 1. The molecule has 0 radical (unpaired) electrons. The summed E-state index contributed by atoms with van der Waals surface area (Å²) in [6.07, 6.45) is 4.41. The van der Waals surface area contributed by atoms with Gasteiger partial charge in [0.25, 0.3) is 0 Å². The van der Waals surface area contributed by atoms with Crippen molar-refractivity contribution in [3.05, 3.63) is 42.0 Å². The fraction of sp³-hybridized carbons (Fsp3) is 0.524. The van der Waals surface area contributed by atoms with E-state index in [2.05, 4.69) is 34.0 Å². The zero-order chi connectivity index (χ0) is 20.1. The van der Waals surface area contributed by atoms with Gasteiger partial charge >= 0.3 is 0 Å². The van der Waals surface area contributed by atoms with E-state index >= 15 is 0 Å². The Labute approximate surface area is 165 Å². The first-order valence-corrected chi connectivity index (χ1v) is 9.86. The lowest BCUT2D eigenvalue weighted by Crippen LogP contribution is -2.36. The van der Waals surface area contributed by atoms with Crippen molar-refractivity contribution in [2.75, 3.05) is 29.9 Å². The highest BCUT2D eigenvalue weighted by atomic mass is 19.1. The first-order chi connectivity index (χ1) is 13.4. The van der Waals surface area contributed by atoms with Gasteiger partial charge < -0.3 is 20.1 Å². The van der Waals surface area contributed by atoms with Crippen LogP contribution in [0, 0.1) is 11.7 Å². The maximum Gasteiger partial charge on any atom is 0.234 e. The van der Waals surface area contributed by atoms with E-state index in [0.29, 0.717) is 24.2 Å². The van der Waals surface area contributed by atoms with E-state index < -0.39 is 0 Å². The molecule has 0 aliphatic carbocycles. The third-order valence-corrected chi connectivity index (χ3v) is 4.80. The number of hydrogen-bond donors (Lipinski definition) is 2. The summed E-state index contributed by atoms with van der Waals surface area (Å²) in [7, 11) is 0. The van der Waals surface area contributed by atoms with Gasteiger partial charge in [-0.15, -0.1) is 0 Å². The maximum absolute atomic E-state index is 14.0. The molecular weight excluding hydrogens is 359 g/mol. The quantitative estimate of drug-likeness (QED) is 0.752. The van der Waals surface area contributed by atoms with Gasteiger partial charge in [0.05, 0.1) is 31.1 Å². The smallest absolute Gasteiger partial charge is 0.234 e. The molecule has 1 fully saturated rings. The molecule has 1 aliphatic heterocycles. The Hall–Kier alpha value is -2.41. The minimum atomic E-state index is -0.274. The number of aromatic nitrogens is 2. The minimum Gasteiger partial charge on any atom is -0.476 e. The number of aliphatic hydroxyl groups excluding tert-OH is 1. The van der Waals surface area contributed by atoms with Crippen LogP contribution in [0.15, 0.2) is 30.6 Å². The average Bonchev–Trinajstić information content (AvgIpc) is 2.67. The second-order valence-electron chi connectivity index (χ2n) is 7.73. The lowest BCUT2D eigenvalue weighted by molar-refractivity contribution is 0.145. The molecule has 0 bridgehead atoms. The van der Waals surface area contributed by atoms with Crippen LogP contribution in [-0.2, 0) is 0 Å². The highest BCUT2D eigenvalue weighted by Gasteiger charge is 2.22. The largest absolute Gasteiger partial charge is 0.476 e. The number of ether oxygens (including phenoxy) is 1. The van der Waals surface area contributed by atoms with Crippen molar-refractivity contribution in [2.24, 2.45) is 5.92 Å². The molecule has 0 saturated carbocycles. The summed E-state index contributed by atoms with van der Waals surface area (Å²) in [6.45, 7) is 8.20. The van der Waals surface area contributed by atoms with E-state index in [1.807, 2.05) is 13.0 Å². The monoisotopic (exact) mass is 388 g/mol. The Balaban J connectivity index is 1.76. The molecule has 3 rings (SSSR count). The Kier molecular flexibility index (Phi) is 6.67. The van der Waals surface area contributed by atoms with E-state index in [1.165, 1.54) is 6.07 Å². The van der Waals surface area contributed by atoms with Crippen molar-refractivity contribution in [3.63, 3.8) is 0 Å². The standard InChI is InChI=1S/C21H29FN4O2/c1-14(2)13-28-21-12-23-11-20(25-21)24-15(3)18-10-16(22)4-5-19(18)26-8-6-17(27)7-9-26/h4-5,10-12,14-15,17,27H,6-9,13H2,1-3H3,(H,24,25). The molecule has 0 amide bonds. The van der Waals surface area contributed by atoms with Gasteiger partial charge in [-0.3, -0.25) is 4.98 Å². The first-order valence-electron chi connectivity index (χ1n) is 9.86. The zero-order valence-corrected chi connectivity index (χ0v) is 16.7. The third-order valence-electron chi connectivity index (χ3n) is 4.80. The van der Waals surface area contributed by atoms with Gasteiger partial charge in [-0.2, -0.15) is 4.98 Å². The molecule has 1 aromatic heterocycles. The topological polar surface area (TPSA) is 70.5 Å². The summed E-state index contributed by atoms with van der Waals surface area (Å²) in [5.41, 5.74) is 1.83. The fourth-order valence-electron chi connectivity index (χ4n) is 3.31. The van der Waals surface area contributed by atoms with Crippen LogP contribution >= 0.6 is 0 Å². The number of benzene rings is 1.